The van der Waals surface area contributed by atoms with Crippen molar-refractivity contribution >= 4 is 142 Å². The van der Waals surface area contributed by atoms with Gasteiger partial charge in [-0.05, 0) is 0 Å². The van der Waals surface area contributed by atoms with E-state index in [2.05, 4.69) is 0 Å². The molecule has 0 aromatic heterocycles. The Hall–Kier alpha value is 2.51. The van der Waals surface area contributed by atoms with E-state index in [4.69, 9.17) is 98.8 Å². The van der Waals surface area contributed by atoms with Crippen molar-refractivity contribution in [2.24, 2.45) is 0 Å². The summed E-state index contributed by atoms with van der Waals surface area (Å²) in [6.07, 6.45) is 0. The van der Waals surface area contributed by atoms with Crippen molar-refractivity contribution in [1.82, 2.24) is 0 Å². The second-order valence-electron chi connectivity index (χ2n) is 15.2. The fraction of sp³-hybridized carbons (Fsp3) is 1.00. The van der Waals surface area contributed by atoms with Crippen molar-refractivity contribution in [3.8, 4) is 0 Å². The van der Waals surface area contributed by atoms with Crippen LogP contribution in [0.2, 0.25) is 91.7 Å². The Morgan fingerprint density at radius 3 is 0.370 bits per heavy atom. The Labute approximate surface area is 330 Å². The Bertz CT molecular complexity index is 1440. The second kappa shape index (κ2) is 12.2. The third kappa shape index (κ3) is 7.91. The van der Waals surface area contributed by atoms with Crippen molar-refractivity contribution < 1.29 is 98.8 Å². The quantitative estimate of drug-likeness (QED) is 0.289. The van der Waals surface area contributed by atoms with Crippen LogP contribution in [0, 0.1) is 0 Å². The smallest absolute Gasteiger partial charge is 0.376 e. The van der Waals surface area contributed by atoms with E-state index in [1.54, 1.807) is 91.7 Å². The molecule has 0 aromatic carbocycles. The van der Waals surface area contributed by atoms with E-state index >= 15 is 0 Å². The van der Waals surface area contributed by atoms with E-state index in [9.17, 15) is 0 Å². The third-order valence-corrected chi connectivity index (χ3v) is 76.8. The van der Waals surface area contributed by atoms with Gasteiger partial charge in [-0.2, -0.15) is 0 Å². The molecule has 10 aliphatic heterocycles. The van der Waals surface area contributed by atoms with Crippen LogP contribution in [-0.2, 0) is 98.8 Å². The topological polar surface area (TPSA) is 222 Å². The minimum atomic E-state index is -4.26. The predicted octanol–water partition coefficient (Wildman–Crippen LogP) is -0.0966. The van der Waals surface area contributed by atoms with E-state index in [0.29, 0.717) is 0 Å². The fourth-order valence-electron chi connectivity index (χ4n) is 8.17. The molecule has 0 N–H and O–H groups in total. The van der Waals surface area contributed by atoms with Crippen LogP contribution in [-0.4, -0.2) is 142 Å². The van der Waals surface area contributed by atoms with Gasteiger partial charge in [-0.1, -0.05) is 0 Å². The Morgan fingerprint density at radius 1 is 0.167 bits per heavy atom. The summed E-state index contributed by atoms with van der Waals surface area (Å²) < 4.78 is 166. The van der Waals surface area contributed by atoms with Gasteiger partial charge in [0.1, 0.15) is 0 Å². The Kier molecular flexibility index (Phi) is 9.42. The highest BCUT2D eigenvalue weighted by Crippen LogP contribution is 2.48. The first-order valence-electron chi connectivity index (χ1n) is 17.0. The van der Waals surface area contributed by atoms with E-state index < -0.39 is 142 Å². The lowest BCUT2D eigenvalue weighted by molar-refractivity contribution is -0.00537. The van der Waals surface area contributed by atoms with Crippen molar-refractivity contribution in [1.29, 1.82) is 0 Å². The highest BCUT2D eigenvalue weighted by Gasteiger charge is 2.78. The second-order valence-corrected chi connectivity index (χ2v) is 60.8. The van der Waals surface area contributed by atoms with Crippen LogP contribution in [0.1, 0.15) is 0 Å². The van der Waals surface area contributed by atoms with E-state index in [1.165, 1.54) is 0 Å². The summed E-state index contributed by atoms with van der Waals surface area (Å²) in [5.74, 6) is 0. The highest BCUT2D eigenvalue weighted by atomic mass is 28.6. The van der Waals surface area contributed by atoms with E-state index in [1.807, 2.05) is 0 Å². The van der Waals surface area contributed by atoms with Crippen molar-refractivity contribution in [2.45, 2.75) is 91.7 Å². The zero-order chi connectivity index (χ0) is 39.1. The Morgan fingerprint density at radius 2 is 0.259 bits per heavy atom. The molecule has 24 nitrogen and oxygen atoms in total. The first kappa shape index (κ1) is 41.8. The molecule has 10 aliphatic rings. The lowest BCUT2D eigenvalue weighted by Crippen LogP contribution is -2.84. The summed E-state index contributed by atoms with van der Waals surface area (Å²) >= 11 is 0. The van der Waals surface area contributed by atoms with Crippen LogP contribution >= 0.6 is 0 Å². The Balaban J connectivity index is 1.44. The summed E-state index contributed by atoms with van der Waals surface area (Å²) in [6, 6.07) is 0. The fourth-order valence-corrected chi connectivity index (χ4v) is 92.6. The zero-order valence-electron chi connectivity index (χ0n) is 32.0. The molecule has 0 aromatic rings. The first-order chi connectivity index (χ1) is 24.3. The summed E-state index contributed by atoms with van der Waals surface area (Å²) in [6.45, 7) is 23.2. The van der Waals surface area contributed by atoms with Crippen molar-refractivity contribution in [3.63, 3.8) is 0 Å². The van der Waals surface area contributed by atoms with Crippen LogP contribution in [0.5, 0.6) is 0 Å². The molecule has 10 fully saturated rings. The van der Waals surface area contributed by atoms with Crippen LogP contribution in [0.15, 0.2) is 0 Å². The highest BCUT2D eigenvalue weighted by molar-refractivity contribution is 7.02. The summed E-state index contributed by atoms with van der Waals surface area (Å²) in [4.78, 5) is 0. The van der Waals surface area contributed by atoms with Crippen molar-refractivity contribution in [2.75, 3.05) is 0 Å². The molecule has 4 unspecified atom stereocenters. The molecule has 54 heavy (non-hydrogen) atoms. The third-order valence-electron chi connectivity index (χ3n) is 8.54. The van der Waals surface area contributed by atoms with Gasteiger partial charge >= 0.3 is 142 Å². The van der Waals surface area contributed by atoms with E-state index in [-0.39, 0.29) is 0 Å². The van der Waals surface area contributed by atoms with Gasteiger partial charge < -0.3 is 98.8 Å². The van der Waals surface area contributed by atoms with Gasteiger partial charge in [0, 0.05) is 91.7 Å². The monoisotopic (exact) mass is 1040 g/mol. The zero-order valence-corrected chi connectivity index (χ0v) is 48.3. The molecular formula is C14H44O24Si16. The average molecular weight is 1050 g/mol. The number of hydrogen-bond donors (Lipinski definition) is 0. The van der Waals surface area contributed by atoms with Gasteiger partial charge in [0.05, 0.1) is 0 Å². The molecule has 40 heteroatoms. The maximum absolute atomic E-state index is 6.98. The van der Waals surface area contributed by atoms with Crippen molar-refractivity contribution in [3.05, 3.63) is 0 Å². The number of rotatable bonds is 0. The lowest BCUT2D eigenvalue weighted by Gasteiger charge is -2.58. The van der Waals surface area contributed by atoms with E-state index in [0.717, 1.165) is 0 Å². The largest absolute Gasteiger partial charge is 0.475 e. The maximum atomic E-state index is 6.98. The number of hydrogen-bond acceptors (Lipinski definition) is 24. The minimum Gasteiger partial charge on any atom is -0.376 e. The molecule has 0 aliphatic carbocycles. The SMILES string of the molecule is C[Si]12O[SiH]3O[Si]4(C)O[Si]5(C)O[Si]6(C)O[SiH]7O[Si](C)(O[Si](C)(O1)O5)O[Si](C)(O2)O[Si]1(C)O[Si](C)(O3)O[Si]2(C)O[Si](C)(O[Si](C)(O7)O1)O[Si](C)(O6)O[Si](C)(O4)O2. The molecule has 10 rings (SSSR count). The average Bonchev–Trinajstić information content (AvgIpc) is 2.77. The predicted molar refractivity (Wildman–Crippen MR) is 203 cm³/mol. The molecule has 4 atom stereocenters. The van der Waals surface area contributed by atoms with Gasteiger partial charge in [0.2, 0.25) is 0 Å². The molecule has 308 valence electrons. The van der Waals surface area contributed by atoms with Crippen LogP contribution < -0.4 is 0 Å². The standard InChI is InChI=1S/C14H44O24Si16/c1-41-15-39-17-43(3)25-49(9)27-45(5)19-40-16-42(2,23-47(7,21-41)33-49)24-48(8,22-41)34-50(10)26-44(4,18-39)30-52(12)35-51(11,29-43)37-53(13,31-45)36-54(14,38-52)32-46(6,20-40)28-50/h39-40H,1-14H3. The van der Waals surface area contributed by atoms with Gasteiger partial charge in [0.15, 0.2) is 0 Å². The molecule has 0 saturated carbocycles. The van der Waals surface area contributed by atoms with Gasteiger partial charge in [0.25, 0.3) is 0 Å². The summed E-state index contributed by atoms with van der Waals surface area (Å²) in [7, 11) is -66.1. The summed E-state index contributed by atoms with van der Waals surface area (Å²) in [5.41, 5.74) is 0. The summed E-state index contributed by atoms with van der Waals surface area (Å²) in [5, 5.41) is 0. The van der Waals surface area contributed by atoms with Crippen LogP contribution in [0.4, 0.5) is 0 Å². The molecule has 16 bridgehead atoms. The molecule has 0 spiro atoms. The lowest BCUT2D eigenvalue weighted by atomic mass is 11.9. The van der Waals surface area contributed by atoms with Crippen LogP contribution in [0.25, 0.3) is 0 Å². The molecule has 10 saturated heterocycles. The molecule has 0 radical (unpaired) electrons. The van der Waals surface area contributed by atoms with Gasteiger partial charge in [-0.25, -0.2) is 0 Å². The van der Waals surface area contributed by atoms with Crippen LogP contribution in [0.3, 0.4) is 0 Å². The molecule has 10 heterocycles. The molecule has 0 amide bonds. The minimum absolute atomic E-state index is 1.65. The maximum Gasteiger partial charge on any atom is 0.475 e. The molecular weight excluding hydrogens is 1000 g/mol. The van der Waals surface area contributed by atoms with Gasteiger partial charge in [-0.15, -0.1) is 0 Å². The first-order valence-corrected chi connectivity index (χ1v) is 51.0. The normalized spacial score (nSPS) is 65.2. The van der Waals surface area contributed by atoms with Gasteiger partial charge in [-0.3, -0.25) is 0 Å².